The van der Waals surface area contributed by atoms with Crippen molar-refractivity contribution in [3.63, 3.8) is 0 Å². The fraction of sp³-hybridized carbons (Fsp3) is 0.667. The van der Waals surface area contributed by atoms with Crippen LogP contribution >= 0.6 is 0 Å². The van der Waals surface area contributed by atoms with Crippen LogP contribution in [0.3, 0.4) is 0 Å². The molecule has 2 aliphatic rings. The zero-order valence-corrected chi connectivity index (χ0v) is 7.10. The van der Waals surface area contributed by atoms with Crippen molar-refractivity contribution in [3.8, 4) is 0 Å². The third-order valence-corrected chi connectivity index (χ3v) is 2.23. The zero-order valence-electron chi connectivity index (χ0n) is 7.10. The lowest BCUT2D eigenvalue weighted by Crippen LogP contribution is -2.34. The Morgan fingerprint density at radius 1 is 1.58 bits per heavy atom. The molecule has 0 unspecified atom stereocenters. The molecule has 1 aliphatic heterocycles. The van der Waals surface area contributed by atoms with Crippen molar-refractivity contribution in [1.29, 1.82) is 0 Å². The lowest BCUT2D eigenvalue weighted by molar-refractivity contribution is -0.117. The first-order chi connectivity index (χ1) is 5.86. The average molecular weight is 166 g/mol. The number of hydrogen-bond acceptors (Lipinski definition) is 2. The minimum atomic E-state index is 0.129. The molecule has 1 amide bonds. The smallest absolute Gasteiger partial charge is 0.248 e. The summed E-state index contributed by atoms with van der Waals surface area (Å²) < 4.78 is 0. The summed E-state index contributed by atoms with van der Waals surface area (Å²) in [4.78, 5) is 11.4. The van der Waals surface area contributed by atoms with E-state index in [4.69, 9.17) is 0 Å². The van der Waals surface area contributed by atoms with Gasteiger partial charge in [0.2, 0.25) is 5.91 Å². The fourth-order valence-corrected chi connectivity index (χ4v) is 1.32. The monoisotopic (exact) mass is 166 g/mol. The van der Waals surface area contributed by atoms with E-state index in [1.807, 2.05) is 6.08 Å². The molecule has 0 bridgehead atoms. The van der Waals surface area contributed by atoms with Gasteiger partial charge in [0.05, 0.1) is 0 Å². The molecule has 1 saturated carbocycles. The van der Waals surface area contributed by atoms with E-state index in [9.17, 15) is 4.79 Å². The molecule has 2 rings (SSSR count). The second-order valence-corrected chi connectivity index (χ2v) is 3.44. The largest absolute Gasteiger partial charge is 0.350 e. The standard InChI is InChI=1S/C9H14N2O/c12-9(11-8-3-4-8)7-2-1-5-10-6-7/h2,8,10H,1,3-6H2,(H,11,12). The van der Waals surface area contributed by atoms with Crippen molar-refractivity contribution >= 4 is 5.91 Å². The minimum Gasteiger partial charge on any atom is -0.350 e. The fourth-order valence-electron chi connectivity index (χ4n) is 1.32. The maximum Gasteiger partial charge on any atom is 0.248 e. The number of rotatable bonds is 2. The van der Waals surface area contributed by atoms with Crippen LogP contribution in [-0.4, -0.2) is 25.0 Å². The molecule has 0 aromatic heterocycles. The predicted molar refractivity (Wildman–Crippen MR) is 46.7 cm³/mol. The summed E-state index contributed by atoms with van der Waals surface area (Å²) in [6, 6.07) is 0.473. The third-order valence-electron chi connectivity index (χ3n) is 2.23. The Labute approximate surface area is 72.2 Å². The second kappa shape index (κ2) is 3.27. The van der Waals surface area contributed by atoms with Crippen molar-refractivity contribution in [2.75, 3.05) is 13.1 Å². The Morgan fingerprint density at radius 2 is 2.42 bits per heavy atom. The molecule has 1 fully saturated rings. The van der Waals surface area contributed by atoms with Gasteiger partial charge in [0.25, 0.3) is 0 Å². The first kappa shape index (κ1) is 7.80. The van der Waals surface area contributed by atoms with E-state index in [-0.39, 0.29) is 5.91 Å². The van der Waals surface area contributed by atoms with Crippen LogP contribution in [0.15, 0.2) is 11.6 Å². The van der Waals surface area contributed by atoms with Gasteiger partial charge in [0.15, 0.2) is 0 Å². The van der Waals surface area contributed by atoms with Crippen LogP contribution < -0.4 is 10.6 Å². The van der Waals surface area contributed by atoms with E-state index in [1.54, 1.807) is 0 Å². The maximum absolute atomic E-state index is 11.4. The molecule has 0 atom stereocenters. The average Bonchev–Trinajstić information content (AvgIpc) is 2.90. The molecule has 1 aliphatic carbocycles. The van der Waals surface area contributed by atoms with Crippen molar-refractivity contribution in [3.05, 3.63) is 11.6 Å². The van der Waals surface area contributed by atoms with Crippen molar-refractivity contribution in [2.24, 2.45) is 0 Å². The first-order valence-electron chi connectivity index (χ1n) is 4.57. The predicted octanol–water partition coefficient (Wildman–Crippen LogP) is 0.185. The van der Waals surface area contributed by atoms with Crippen molar-refractivity contribution in [2.45, 2.75) is 25.3 Å². The Morgan fingerprint density at radius 3 is 3.00 bits per heavy atom. The molecule has 0 saturated heterocycles. The molecule has 12 heavy (non-hydrogen) atoms. The van der Waals surface area contributed by atoms with Gasteiger partial charge in [0.1, 0.15) is 0 Å². The van der Waals surface area contributed by atoms with Crippen LogP contribution in [-0.2, 0) is 4.79 Å². The SMILES string of the molecule is O=C(NC1CC1)C1=CCCNC1. The first-order valence-corrected chi connectivity index (χ1v) is 4.57. The molecular formula is C9H14N2O. The van der Waals surface area contributed by atoms with Crippen LogP contribution in [0, 0.1) is 0 Å². The summed E-state index contributed by atoms with van der Waals surface area (Å²) >= 11 is 0. The molecule has 0 spiro atoms. The Bertz CT molecular complexity index is 219. The molecule has 3 nitrogen and oxygen atoms in total. The molecule has 1 heterocycles. The number of nitrogens with one attached hydrogen (secondary N) is 2. The molecule has 66 valence electrons. The lowest BCUT2D eigenvalue weighted by atomic mass is 10.1. The van der Waals surface area contributed by atoms with Gasteiger partial charge in [-0.3, -0.25) is 4.79 Å². The van der Waals surface area contributed by atoms with Gasteiger partial charge in [-0.25, -0.2) is 0 Å². The van der Waals surface area contributed by atoms with Crippen molar-refractivity contribution < 1.29 is 4.79 Å². The van der Waals surface area contributed by atoms with Gasteiger partial charge in [0, 0.05) is 18.2 Å². The van der Waals surface area contributed by atoms with E-state index in [0.29, 0.717) is 6.04 Å². The molecule has 0 radical (unpaired) electrons. The van der Waals surface area contributed by atoms with Gasteiger partial charge in [-0.05, 0) is 25.8 Å². The Balaban J connectivity index is 1.88. The molecule has 3 heteroatoms. The number of carbonyl (C=O) groups excluding carboxylic acids is 1. The van der Waals surface area contributed by atoms with E-state index in [1.165, 1.54) is 0 Å². The summed E-state index contributed by atoms with van der Waals surface area (Å²) in [7, 11) is 0. The van der Waals surface area contributed by atoms with Gasteiger partial charge in [-0.15, -0.1) is 0 Å². The number of carbonyl (C=O) groups is 1. The van der Waals surface area contributed by atoms with Crippen LogP contribution in [0.2, 0.25) is 0 Å². The maximum atomic E-state index is 11.4. The molecule has 2 N–H and O–H groups in total. The van der Waals surface area contributed by atoms with Crippen LogP contribution in [0.1, 0.15) is 19.3 Å². The van der Waals surface area contributed by atoms with Crippen LogP contribution in [0.25, 0.3) is 0 Å². The normalized spacial score (nSPS) is 23.2. The zero-order chi connectivity index (χ0) is 8.39. The van der Waals surface area contributed by atoms with E-state index in [0.717, 1.165) is 37.9 Å². The highest BCUT2D eigenvalue weighted by molar-refractivity contribution is 5.94. The van der Waals surface area contributed by atoms with Gasteiger partial charge >= 0.3 is 0 Å². The molecule has 0 aromatic rings. The van der Waals surface area contributed by atoms with E-state index in [2.05, 4.69) is 10.6 Å². The third kappa shape index (κ3) is 1.85. The Kier molecular flexibility index (Phi) is 2.13. The van der Waals surface area contributed by atoms with Gasteiger partial charge < -0.3 is 10.6 Å². The van der Waals surface area contributed by atoms with Crippen LogP contribution in [0.5, 0.6) is 0 Å². The quantitative estimate of drug-likeness (QED) is 0.614. The lowest BCUT2D eigenvalue weighted by Gasteiger charge is -2.13. The van der Waals surface area contributed by atoms with E-state index < -0.39 is 0 Å². The summed E-state index contributed by atoms with van der Waals surface area (Å²) in [5.74, 6) is 0.129. The van der Waals surface area contributed by atoms with Gasteiger partial charge in [-0.2, -0.15) is 0 Å². The minimum absolute atomic E-state index is 0.129. The van der Waals surface area contributed by atoms with Gasteiger partial charge in [-0.1, -0.05) is 6.08 Å². The van der Waals surface area contributed by atoms with E-state index >= 15 is 0 Å². The number of hydrogen-bond donors (Lipinski definition) is 2. The Hall–Kier alpha value is -0.830. The highest BCUT2D eigenvalue weighted by atomic mass is 16.1. The number of amides is 1. The molecule has 0 aromatic carbocycles. The molecular weight excluding hydrogens is 152 g/mol. The highest BCUT2D eigenvalue weighted by Gasteiger charge is 2.24. The summed E-state index contributed by atoms with van der Waals surface area (Å²) in [5, 5.41) is 6.16. The van der Waals surface area contributed by atoms with Crippen molar-refractivity contribution in [1.82, 2.24) is 10.6 Å². The summed E-state index contributed by atoms with van der Waals surface area (Å²) in [6.45, 7) is 1.73. The summed E-state index contributed by atoms with van der Waals surface area (Å²) in [5.41, 5.74) is 0.910. The second-order valence-electron chi connectivity index (χ2n) is 3.44. The highest BCUT2D eigenvalue weighted by Crippen LogP contribution is 2.19. The topological polar surface area (TPSA) is 41.1 Å². The van der Waals surface area contributed by atoms with Crippen LogP contribution in [0.4, 0.5) is 0 Å². The summed E-state index contributed by atoms with van der Waals surface area (Å²) in [6.07, 6.45) is 5.33.